The molecule has 0 amide bonds. The number of halogens is 2. The number of hydrogen-bond acceptors (Lipinski definition) is 3. The van der Waals surface area contributed by atoms with Crippen LogP contribution in [-0.4, -0.2) is 20.8 Å². The Kier molecular flexibility index (Phi) is 3.50. The minimum Gasteiger partial charge on any atom is -0.287 e. The first-order chi connectivity index (χ1) is 10.2. The molecule has 0 N–H and O–H groups in total. The lowest BCUT2D eigenvalue weighted by atomic mass is 10.1. The van der Waals surface area contributed by atoms with Crippen molar-refractivity contribution >= 4 is 17.4 Å². The fourth-order valence-electron chi connectivity index (χ4n) is 1.99. The third-order valence-electron chi connectivity index (χ3n) is 2.97. The minimum absolute atomic E-state index is 0.0563. The largest absolute Gasteiger partial charge is 0.287 e. The smallest absolute Gasteiger partial charge is 0.217 e. The molecule has 0 aliphatic carbocycles. The summed E-state index contributed by atoms with van der Waals surface area (Å²) in [4.78, 5) is 12.5. The first-order valence-corrected chi connectivity index (χ1v) is 6.51. The highest BCUT2D eigenvalue weighted by Crippen LogP contribution is 2.23. The molecule has 0 aliphatic heterocycles. The summed E-state index contributed by atoms with van der Waals surface area (Å²) < 4.78 is 15.2. The highest BCUT2D eigenvalue weighted by atomic mass is 35.5. The van der Waals surface area contributed by atoms with Gasteiger partial charge in [0.1, 0.15) is 11.5 Å². The molecule has 6 heteroatoms. The number of nitrogens with zero attached hydrogens (tertiary/aromatic N) is 3. The first-order valence-electron chi connectivity index (χ1n) is 6.13. The van der Waals surface area contributed by atoms with Gasteiger partial charge in [0.2, 0.25) is 5.78 Å². The lowest BCUT2D eigenvalue weighted by Gasteiger charge is -2.07. The van der Waals surface area contributed by atoms with Crippen molar-refractivity contribution in [1.82, 2.24) is 15.0 Å². The molecule has 0 radical (unpaired) electrons. The SMILES string of the molecule is O=C(c1c(F)cccc1Cl)c1cnnn1-c1ccccc1. The molecule has 2 aromatic carbocycles. The van der Waals surface area contributed by atoms with Gasteiger partial charge < -0.3 is 0 Å². The van der Waals surface area contributed by atoms with Crippen molar-refractivity contribution in [3.05, 3.63) is 76.8 Å². The molecule has 3 aromatic rings. The fourth-order valence-corrected chi connectivity index (χ4v) is 2.24. The molecule has 0 saturated heterocycles. The molecule has 0 aliphatic rings. The maximum atomic E-state index is 13.9. The zero-order chi connectivity index (χ0) is 14.8. The topological polar surface area (TPSA) is 47.8 Å². The van der Waals surface area contributed by atoms with Gasteiger partial charge in [0.25, 0.3) is 0 Å². The summed E-state index contributed by atoms with van der Waals surface area (Å²) >= 11 is 5.93. The Morgan fingerprint density at radius 1 is 1.10 bits per heavy atom. The standard InChI is InChI=1S/C15H9ClFN3O/c16-11-7-4-8-12(17)14(11)15(21)13-9-18-19-20(13)10-5-2-1-3-6-10/h1-9H. The fraction of sp³-hybridized carbons (Fsp3) is 0. The molecule has 3 rings (SSSR count). The maximum absolute atomic E-state index is 13.9. The Balaban J connectivity index is 2.11. The van der Waals surface area contributed by atoms with Crippen LogP contribution in [0.4, 0.5) is 4.39 Å². The van der Waals surface area contributed by atoms with Gasteiger partial charge in [0.05, 0.1) is 22.5 Å². The third-order valence-corrected chi connectivity index (χ3v) is 3.29. The minimum atomic E-state index is -0.673. The van der Waals surface area contributed by atoms with E-state index >= 15 is 0 Å². The number of carbonyl (C=O) groups is 1. The Bertz CT molecular complexity index is 781. The van der Waals surface area contributed by atoms with Crippen molar-refractivity contribution in [3.8, 4) is 5.69 Å². The van der Waals surface area contributed by atoms with E-state index in [-0.39, 0.29) is 16.3 Å². The Labute approximate surface area is 124 Å². The number of aromatic nitrogens is 3. The quantitative estimate of drug-likeness (QED) is 0.697. The number of ketones is 1. The highest BCUT2D eigenvalue weighted by molar-refractivity contribution is 6.34. The van der Waals surface area contributed by atoms with Gasteiger partial charge in [-0.2, -0.15) is 0 Å². The van der Waals surface area contributed by atoms with Crippen LogP contribution in [0.25, 0.3) is 5.69 Å². The predicted octanol–water partition coefficient (Wildman–Crippen LogP) is 3.29. The van der Waals surface area contributed by atoms with Crippen LogP contribution in [0.3, 0.4) is 0 Å². The normalized spacial score (nSPS) is 10.6. The first kappa shape index (κ1) is 13.5. The molecule has 0 bridgehead atoms. The van der Waals surface area contributed by atoms with E-state index in [4.69, 9.17) is 11.6 Å². The lowest BCUT2D eigenvalue weighted by molar-refractivity contribution is 0.102. The van der Waals surface area contributed by atoms with Gasteiger partial charge >= 0.3 is 0 Å². The molecule has 1 heterocycles. The molecular weight excluding hydrogens is 293 g/mol. The number of rotatable bonds is 3. The summed E-state index contributed by atoms with van der Waals surface area (Å²) in [5.74, 6) is -1.24. The number of hydrogen-bond donors (Lipinski definition) is 0. The Morgan fingerprint density at radius 2 is 1.86 bits per heavy atom. The van der Waals surface area contributed by atoms with E-state index in [0.29, 0.717) is 5.69 Å². The molecule has 104 valence electrons. The average molecular weight is 302 g/mol. The zero-order valence-corrected chi connectivity index (χ0v) is 11.5. The number of benzene rings is 2. The number of carbonyl (C=O) groups excluding carboxylic acids is 1. The van der Waals surface area contributed by atoms with E-state index in [2.05, 4.69) is 10.3 Å². The van der Waals surface area contributed by atoms with Crippen LogP contribution in [0.1, 0.15) is 16.1 Å². The summed E-state index contributed by atoms with van der Waals surface area (Å²) in [7, 11) is 0. The molecule has 0 atom stereocenters. The van der Waals surface area contributed by atoms with E-state index < -0.39 is 11.6 Å². The van der Waals surface area contributed by atoms with Gasteiger partial charge in [-0.3, -0.25) is 4.79 Å². The second-order valence-electron chi connectivity index (χ2n) is 4.29. The molecule has 4 nitrogen and oxygen atoms in total. The van der Waals surface area contributed by atoms with Gasteiger partial charge in [-0.05, 0) is 24.3 Å². The summed E-state index contributed by atoms with van der Waals surface area (Å²) in [6, 6.07) is 13.1. The van der Waals surface area contributed by atoms with Gasteiger partial charge in [0, 0.05) is 0 Å². The van der Waals surface area contributed by atoms with E-state index in [1.165, 1.54) is 29.1 Å². The van der Waals surface area contributed by atoms with Crippen LogP contribution in [0, 0.1) is 5.82 Å². The molecule has 21 heavy (non-hydrogen) atoms. The predicted molar refractivity (Wildman–Crippen MR) is 76.2 cm³/mol. The van der Waals surface area contributed by atoms with Crippen LogP contribution >= 0.6 is 11.6 Å². The van der Waals surface area contributed by atoms with Crippen LogP contribution in [0.15, 0.2) is 54.7 Å². The van der Waals surface area contributed by atoms with Gasteiger partial charge in [0.15, 0.2) is 0 Å². The summed E-state index contributed by atoms with van der Waals surface area (Å²) in [5, 5.41) is 7.66. The molecule has 0 spiro atoms. The summed E-state index contributed by atoms with van der Waals surface area (Å²) in [6.45, 7) is 0. The van der Waals surface area contributed by atoms with Crippen LogP contribution in [0.5, 0.6) is 0 Å². The third kappa shape index (κ3) is 2.43. The van der Waals surface area contributed by atoms with Crippen LogP contribution in [-0.2, 0) is 0 Å². The molecule has 0 saturated carbocycles. The second kappa shape index (κ2) is 5.46. The van der Waals surface area contributed by atoms with E-state index in [9.17, 15) is 9.18 Å². The van der Waals surface area contributed by atoms with E-state index in [1.54, 1.807) is 24.3 Å². The van der Waals surface area contributed by atoms with Gasteiger partial charge in [-0.25, -0.2) is 9.07 Å². The molecule has 1 aromatic heterocycles. The van der Waals surface area contributed by atoms with E-state index in [0.717, 1.165) is 0 Å². The van der Waals surface area contributed by atoms with Crippen LogP contribution in [0.2, 0.25) is 5.02 Å². The molecule has 0 fully saturated rings. The second-order valence-corrected chi connectivity index (χ2v) is 4.70. The number of para-hydroxylation sites is 1. The Morgan fingerprint density at radius 3 is 2.57 bits per heavy atom. The van der Waals surface area contributed by atoms with Gasteiger partial charge in [-0.15, -0.1) is 5.10 Å². The van der Waals surface area contributed by atoms with Crippen molar-refractivity contribution in [2.75, 3.05) is 0 Å². The van der Waals surface area contributed by atoms with Crippen molar-refractivity contribution < 1.29 is 9.18 Å². The van der Waals surface area contributed by atoms with Crippen LogP contribution < -0.4 is 0 Å². The van der Waals surface area contributed by atoms with Crippen molar-refractivity contribution in [3.63, 3.8) is 0 Å². The van der Waals surface area contributed by atoms with Gasteiger partial charge in [-0.1, -0.05) is 41.1 Å². The molecule has 0 unspecified atom stereocenters. The zero-order valence-electron chi connectivity index (χ0n) is 10.7. The Hall–Kier alpha value is -2.53. The van der Waals surface area contributed by atoms with Crippen molar-refractivity contribution in [2.45, 2.75) is 0 Å². The lowest BCUT2D eigenvalue weighted by Crippen LogP contribution is -2.12. The van der Waals surface area contributed by atoms with Crippen molar-refractivity contribution in [2.24, 2.45) is 0 Å². The highest BCUT2D eigenvalue weighted by Gasteiger charge is 2.22. The average Bonchev–Trinajstić information content (AvgIpc) is 2.97. The van der Waals surface area contributed by atoms with E-state index in [1.807, 2.05) is 6.07 Å². The monoisotopic (exact) mass is 301 g/mol. The maximum Gasteiger partial charge on any atom is 0.217 e. The summed E-state index contributed by atoms with van der Waals surface area (Å²) in [6.07, 6.45) is 1.29. The molecular formula is C15H9ClFN3O. The van der Waals surface area contributed by atoms with Crippen molar-refractivity contribution in [1.29, 1.82) is 0 Å². The summed E-state index contributed by atoms with van der Waals surface area (Å²) in [5.41, 5.74) is 0.623.